The third-order valence-corrected chi connectivity index (χ3v) is 0.756. The van der Waals surface area contributed by atoms with Crippen molar-refractivity contribution >= 4 is 0 Å². The number of benzene rings is 1. The van der Waals surface area contributed by atoms with Crippen LogP contribution >= 0.6 is 0 Å². The first-order valence-corrected chi connectivity index (χ1v) is 2.13. The molecule has 1 N–H and O–H groups in total. The Hall–Kier alpha value is -0.171. The van der Waals surface area contributed by atoms with E-state index in [9.17, 15) is 0 Å². The van der Waals surface area contributed by atoms with Gasteiger partial charge in [-0.15, -0.1) is 0 Å². The van der Waals surface area contributed by atoms with Gasteiger partial charge in [-0.2, -0.15) is 0 Å². The summed E-state index contributed by atoms with van der Waals surface area (Å²) >= 11 is 0. The molecule has 0 fully saturated rings. The van der Waals surface area contributed by atoms with Crippen molar-refractivity contribution in [1.82, 2.24) is 0 Å². The Kier molecular flexibility index (Phi) is 7.68. The molecule has 1 rings (SSSR count). The Morgan fingerprint density at radius 1 is 1.00 bits per heavy atom. The second kappa shape index (κ2) is 5.96. The third-order valence-electron chi connectivity index (χ3n) is 0.756. The normalized spacial score (nSPS) is 6.67. The number of rotatable bonds is 0. The molecular formula is C6H6ClFeO-. The Morgan fingerprint density at radius 2 is 1.44 bits per heavy atom. The van der Waals surface area contributed by atoms with Gasteiger partial charge in [-0.05, 0) is 12.1 Å². The number of phenols is 1. The summed E-state index contributed by atoms with van der Waals surface area (Å²) in [5.74, 6) is 0.322. The zero-order valence-corrected chi connectivity index (χ0v) is 6.43. The summed E-state index contributed by atoms with van der Waals surface area (Å²) in [7, 11) is 0. The van der Waals surface area contributed by atoms with Crippen molar-refractivity contribution in [3.05, 3.63) is 30.3 Å². The summed E-state index contributed by atoms with van der Waals surface area (Å²) in [6.07, 6.45) is 0. The molecule has 9 heavy (non-hydrogen) atoms. The van der Waals surface area contributed by atoms with E-state index in [1.54, 1.807) is 24.3 Å². The Balaban J connectivity index is 0. The predicted octanol–water partition coefficient (Wildman–Crippen LogP) is -1.61. The Bertz CT molecular complexity index is 143. The largest absolute Gasteiger partial charge is 1.00 e. The van der Waals surface area contributed by atoms with Crippen LogP contribution in [0.5, 0.6) is 5.75 Å². The molecular weight excluding hydrogens is 179 g/mol. The first-order chi connectivity index (χ1) is 3.39. The van der Waals surface area contributed by atoms with E-state index in [0.717, 1.165) is 0 Å². The fourth-order valence-corrected chi connectivity index (χ4v) is 0.428. The van der Waals surface area contributed by atoms with Gasteiger partial charge in [-0.25, -0.2) is 0 Å². The molecule has 0 radical (unpaired) electrons. The molecule has 0 saturated carbocycles. The number of phenolic OH excluding ortho intramolecular Hbond substituents is 1. The van der Waals surface area contributed by atoms with Crippen molar-refractivity contribution in [1.29, 1.82) is 0 Å². The van der Waals surface area contributed by atoms with E-state index >= 15 is 0 Å². The fourth-order valence-electron chi connectivity index (χ4n) is 0.428. The molecule has 1 aromatic carbocycles. The summed E-state index contributed by atoms with van der Waals surface area (Å²) < 4.78 is 0. The molecule has 0 saturated heterocycles. The Morgan fingerprint density at radius 3 is 1.67 bits per heavy atom. The molecule has 3 heteroatoms. The number of halogens is 1. The molecule has 0 aliphatic carbocycles. The van der Waals surface area contributed by atoms with E-state index in [0.29, 0.717) is 5.75 Å². The molecule has 1 nitrogen and oxygen atoms in total. The fraction of sp³-hybridized carbons (Fsp3) is 0. The van der Waals surface area contributed by atoms with E-state index in [-0.39, 0.29) is 29.5 Å². The topological polar surface area (TPSA) is 20.2 Å². The van der Waals surface area contributed by atoms with Gasteiger partial charge in [-0.1, -0.05) is 18.2 Å². The van der Waals surface area contributed by atoms with Gasteiger partial charge in [0.25, 0.3) is 0 Å². The summed E-state index contributed by atoms with van der Waals surface area (Å²) in [6, 6.07) is 8.71. The second-order valence-corrected chi connectivity index (χ2v) is 1.34. The van der Waals surface area contributed by atoms with Crippen molar-refractivity contribution in [3.8, 4) is 5.75 Å². The van der Waals surface area contributed by atoms with Crippen molar-refractivity contribution < 1.29 is 34.6 Å². The minimum Gasteiger partial charge on any atom is -1.00 e. The van der Waals surface area contributed by atoms with Crippen LogP contribution in [0.25, 0.3) is 0 Å². The smallest absolute Gasteiger partial charge is 0.115 e. The van der Waals surface area contributed by atoms with E-state index in [1.165, 1.54) is 0 Å². The number of para-hydroxylation sites is 1. The maximum Gasteiger partial charge on any atom is 0.115 e. The molecule has 0 amide bonds. The molecule has 0 heterocycles. The van der Waals surface area contributed by atoms with Crippen molar-refractivity contribution in [3.63, 3.8) is 0 Å². The average molecular weight is 185 g/mol. The van der Waals surface area contributed by atoms with Crippen LogP contribution in [0.15, 0.2) is 30.3 Å². The van der Waals surface area contributed by atoms with Gasteiger partial charge in [0.2, 0.25) is 0 Å². The minimum atomic E-state index is 0. The van der Waals surface area contributed by atoms with E-state index in [4.69, 9.17) is 5.11 Å². The van der Waals surface area contributed by atoms with E-state index < -0.39 is 0 Å². The molecule has 0 aromatic heterocycles. The van der Waals surface area contributed by atoms with Gasteiger partial charge >= 0.3 is 0 Å². The molecule has 0 atom stereocenters. The number of hydrogen-bond acceptors (Lipinski definition) is 1. The van der Waals surface area contributed by atoms with Crippen LogP contribution < -0.4 is 12.4 Å². The van der Waals surface area contributed by atoms with Gasteiger partial charge in [0.1, 0.15) is 5.75 Å². The van der Waals surface area contributed by atoms with Gasteiger partial charge in [0, 0.05) is 17.1 Å². The SMILES string of the molecule is Oc1ccccc1.[Cl-].[Fe]. The molecule has 0 unspecified atom stereocenters. The van der Waals surface area contributed by atoms with Crippen LogP contribution in [-0.4, -0.2) is 5.11 Å². The van der Waals surface area contributed by atoms with Gasteiger partial charge in [0.05, 0.1) is 0 Å². The van der Waals surface area contributed by atoms with Crippen molar-refractivity contribution in [2.75, 3.05) is 0 Å². The van der Waals surface area contributed by atoms with Gasteiger partial charge in [-0.3, -0.25) is 0 Å². The van der Waals surface area contributed by atoms with Gasteiger partial charge < -0.3 is 17.5 Å². The van der Waals surface area contributed by atoms with Crippen molar-refractivity contribution in [2.45, 2.75) is 0 Å². The first kappa shape index (κ1) is 11.6. The molecule has 0 bridgehead atoms. The predicted molar refractivity (Wildman–Crippen MR) is 28.1 cm³/mol. The number of hydrogen-bond donors (Lipinski definition) is 1. The standard InChI is InChI=1S/C6H6O.ClH.Fe/c7-6-4-2-1-3-5-6;;/h1-5,7H;1H;/p-1. The Labute approximate surface area is 71.0 Å². The maximum atomic E-state index is 8.63. The first-order valence-electron chi connectivity index (χ1n) is 2.13. The minimum absolute atomic E-state index is 0. The van der Waals surface area contributed by atoms with Crippen LogP contribution in [0.2, 0.25) is 0 Å². The zero-order chi connectivity index (χ0) is 5.11. The monoisotopic (exact) mass is 185 g/mol. The maximum absolute atomic E-state index is 8.63. The summed E-state index contributed by atoms with van der Waals surface area (Å²) in [5.41, 5.74) is 0. The molecule has 0 aliphatic rings. The van der Waals surface area contributed by atoms with Crippen molar-refractivity contribution in [2.24, 2.45) is 0 Å². The van der Waals surface area contributed by atoms with E-state index in [1.807, 2.05) is 6.07 Å². The average Bonchev–Trinajstić information content (AvgIpc) is 1.69. The quantitative estimate of drug-likeness (QED) is 0.483. The molecule has 1 aromatic rings. The van der Waals surface area contributed by atoms with Crippen LogP contribution in [0, 0.1) is 0 Å². The third kappa shape index (κ3) is 4.34. The van der Waals surface area contributed by atoms with Gasteiger partial charge in [0.15, 0.2) is 0 Å². The molecule has 52 valence electrons. The van der Waals surface area contributed by atoms with Crippen LogP contribution in [0.1, 0.15) is 0 Å². The summed E-state index contributed by atoms with van der Waals surface area (Å²) in [5, 5.41) is 8.63. The number of aromatic hydroxyl groups is 1. The molecule has 0 spiro atoms. The van der Waals surface area contributed by atoms with E-state index in [2.05, 4.69) is 0 Å². The molecule has 0 aliphatic heterocycles. The van der Waals surface area contributed by atoms with Crippen LogP contribution in [-0.2, 0) is 17.1 Å². The summed E-state index contributed by atoms with van der Waals surface area (Å²) in [6.45, 7) is 0. The van der Waals surface area contributed by atoms with Crippen LogP contribution in [0.4, 0.5) is 0 Å². The summed E-state index contributed by atoms with van der Waals surface area (Å²) in [4.78, 5) is 0. The zero-order valence-electron chi connectivity index (χ0n) is 4.57. The van der Waals surface area contributed by atoms with Crippen LogP contribution in [0.3, 0.4) is 0 Å². The second-order valence-electron chi connectivity index (χ2n) is 1.34.